The summed E-state index contributed by atoms with van der Waals surface area (Å²) in [7, 11) is 4.46. The molecule has 1 aromatic heterocycles. The number of anilines is 1. The summed E-state index contributed by atoms with van der Waals surface area (Å²) in [6.45, 7) is 0. The zero-order chi connectivity index (χ0) is 12.3. The van der Waals surface area contributed by atoms with E-state index in [9.17, 15) is 14.9 Å². The first-order chi connectivity index (χ1) is 7.51. The number of ether oxygens (including phenoxy) is 1. The predicted octanol–water partition coefficient (Wildman–Crippen LogP) is 0.272. The Hall–Kier alpha value is -2.25. The highest BCUT2D eigenvalue weighted by atomic mass is 16.6. The van der Waals surface area contributed by atoms with E-state index in [1.165, 1.54) is 12.0 Å². The number of methoxy groups -OCH3 is 1. The monoisotopic (exact) mass is 226 g/mol. The van der Waals surface area contributed by atoms with Crippen molar-refractivity contribution in [2.45, 2.75) is 0 Å². The van der Waals surface area contributed by atoms with Crippen molar-refractivity contribution in [1.82, 2.24) is 9.97 Å². The van der Waals surface area contributed by atoms with Crippen molar-refractivity contribution in [3.05, 3.63) is 15.8 Å². The van der Waals surface area contributed by atoms with E-state index in [2.05, 4.69) is 9.97 Å². The van der Waals surface area contributed by atoms with Crippen LogP contribution in [-0.2, 0) is 0 Å². The van der Waals surface area contributed by atoms with Crippen LogP contribution >= 0.6 is 0 Å². The normalized spacial score (nSPS) is 9.69. The van der Waals surface area contributed by atoms with Crippen LogP contribution < -0.4 is 9.64 Å². The number of aldehydes is 1. The standard InChI is InChI=1S/C8H10N4O4/c1-11(2)7-6(12(14)15)5(4-13)9-8(10-7)16-3/h4H,1-3H3. The minimum absolute atomic E-state index is 0.0268. The Morgan fingerprint density at radius 3 is 2.44 bits per heavy atom. The Labute approximate surface area is 91.0 Å². The van der Waals surface area contributed by atoms with Gasteiger partial charge < -0.3 is 9.64 Å². The van der Waals surface area contributed by atoms with Gasteiger partial charge in [0, 0.05) is 14.1 Å². The molecule has 16 heavy (non-hydrogen) atoms. The number of carbonyl (C=O) groups excluding carboxylic acids is 1. The van der Waals surface area contributed by atoms with Crippen LogP contribution in [0.5, 0.6) is 6.01 Å². The first-order valence-electron chi connectivity index (χ1n) is 4.24. The van der Waals surface area contributed by atoms with Gasteiger partial charge in [0.2, 0.25) is 5.82 Å². The summed E-state index contributed by atoms with van der Waals surface area (Å²) < 4.78 is 4.75. The lowest BCUT2D eigenvalue weighted by molar-refractivity contribution is -0.384. The van der Waals surface area contributed by atoms with E-state index in [-0.39, 0.29) is 17.5 Å². The fourth-order valence-corrected chi connectivity index (χ4v) is 1.10. The molecule has 0 radical (unpaired) electrons. The number of hydrogen-bond donors (Lipinski definition) is 0. The molecule has 0 aliphatic rings. The predicted molar refractivity (Wildman–Crippen MR) is 55.0 cm³/mol. The quantitative estimate of drug-likeness (QED) is 0.412. The molecule has 0 amide bonds. The van der Waals surface area contributed by atoms with Crippen molar-refractivity contribution in [1.29, 1.82) is 0 Å². The summed E-state index contributed by atoms with van der Waals surface area (Å²) in [5.41, 5.74) is -0.735. The number of hydrogen-bond acceptors (Lipinski definition) is 7. The fourth-order valence-electron chi connectivity index (χ4n) is 1.10. The van der Waals surface area contributed by atoms with Gasteiger partial charge in [-0.2, -0.15) is 9.97 Å². The van der Waals surface area contributed by atoms with Gasteiger partial charge >= 0.3 is 11.7 Å². The maximum Gasteiger partial charge on any atom is 0.340 e. The topological polar surface area (TPSA) is 98.5 Å². The van der Waals surface area contributed by atoms with Crippen LogP contribution in [-0.4, -0.2) is 42.4 Å². The van der Waals surface area contributed by atoms with E-state index < -0.39 is 10.6 Å². The van der Waals surface area contributed by atoms with Gasteiger partial charge in [-0.05, 0) is 0 Å². The molecule has 8 heteroatoms. The maximum absolute atomic E-state index is 10.8. The second kappa shape index (κ2) is 4.51. The van der Waals surface area contributed by atoms with Gasteiger partial charge in [0.15, 0.2) is 12.0 Å². The summed E-state index contributed by atoms with van der Waals surface area (Å²) in [6.07, 6.45) is 0.301. The summed E-state index contributed by atoms with van der Waals surface area (Å²) >= 11 is 0. The van der Waals surface area contributed by atoms with Crippen LogP contribution in [0.3, 0.4) is 0 Å². The van der Waals surface area contributed by atoms with Gasteiger partial charge in [0.1, 0.15) is 0 Å². The van der Waals surface area contributed by atoms with E-state index in [1.54, 1.807) is 14.1 Å². The molecule has 8 nitrogen and oxygen atoms in total. The van der Waals surface area contributed by atoms with Crippen LogP contribution in [0.2, 0.25) is 0 Å². The average Bonchev–Trinajstić information content (AvgIpc) is 2.26. The largest absolute Gasteiger partial charge is 0.467 e. The van der Waals surface area contributed by atoms with Crippen molar-refractivity contribution >= 4 is 17.8 Å². The van der Waals surface area contributed by atoms with Gasteiger partial charge in [0.25, 0.3) is 0 Å². The third kappa shape index (κ3) is 2.05. The smallest absolute Gasteiger partial charge is 0.340 e. The number of aromatic nitrogens is 2. The molecule has 1 heterocycles. The Kier molecular flexibility index (Phi) is 3.33. The highest BCUT2D eigenvalue weighted by Gasteiger charge is 2.25. The Morgan fingerprint density at radius 1 is 1.44 bits per heavy atom. The highest BCUT2D eigenvalue weighted by Crippen LogP contribution is 2.28. The number of nitrogens with zero attached hydrogens (tertiary/aromatic N) is 4. The van der Waals surface area contributed by atoms with Gasteiger partial charge in [-0.25, -0.2) is 0 Å². The summed E-state index contributed by atoms with van der Waals surface area (Å²) in [5.74, 6) is 0.0268. The molecular weight excluding hydrogens is 216 g/mol. The first-order valence-corrected chi connectivity index (χ1v) is 4.24. The van der Waals surface area contributed by atoms with Crippen molar-refractivity contribution < 1.29 is 14.5 Å². The van der Waals surface area contributed by atoms with E-state index >= 15 is 0 Å². The summed E-state index contributed by atoms with van der Waals surface area (Å²) in [5, 5.41) is 10.8. The molecule has 1 aromatic rings. The van der Waals surface area contributed by atoms with Crippen molar-refractivity contribution in [3.63, 3.8) is 0 Å². The molecule has 0 saturated carbocycles. The fraction of sp³-hybridized carbons (Fsp3) is 0.375. The van der Waals surface area contributed by atoms with Gasteiger partial charge in [0.05, 0.1) is 12.0 Å². The lowest BCUT2D eigenvalue weighted by atomic mass is 10.3. The summed E-state index contributed by atoms with van der Waals surface area (Å²) in [4.78, 5) is 29.6. The SMILES string of the molecule is COc1nc(C=O)c([N+](=O)[O-])c(N(C)C)n1. The van der Waals surface area contributed by atoms with Crippen LogP contribution in [0.15, 0.2) is 0 Å². The minimum Gasteiger partial charge on any atom is -0.467 e. The molecule has 0 aliphatic heterocycles. The van der Waals surface area contributed by atoms with E-state index in [0.717, 1.165) is 0 Å². The molecule has 0 spiro atoms. The number of nitro groups is 1. The third-order valence-electron chi connectivity index (χ3n) is 1.77. The average molecular weight is 226 g/mol. The van der Waals surface area contributed by atoms with E-state index in [1.807, 2.05) is 0 Å². The van der Waals surface area contributed by atoms with Gasteiger partial charge in [-0.15, -0.1) is 0 Å². The lowest BCUT2D eigenvalue weighted by Crippen LogP contribution is -2.16. The van der Waals surface area contributed by atoms with E-state index in [4.69, 9.17) is 4.74 Å². The molecule has 1 rings (SSSR count). The molecule has 86 valence electrons. The van der Waals surface area contributed by atoms with Crippen LogP contribution in [0.1, 0.15) is 10.5 Å². The van der Waals surface area contributed by atoms with Crippen molar-refractivity contribution in [3.8, 4) is 6.01 Å². The summed E-state index contributed by atoms with van der Waals surface area (Å²) in [6, 6.07) is -0.0867. The molecule has 0 N–H and O–H groups in total. The van der Waals surface area contributed by atoms with Gasteiger partial charge in [-0.1, -0.05) is 0 Å². The second-order valence-electron chi connectivity index (χ2n) is 3.04. The van der Waals surface area contributed by atoms with Gasteiger partial charge in [-0.3, -0.25) is 14.9 Å². The zero-order valence-electron chi connectivity index (χ0n) is 9.00. The molecule has 0 saturated heterocycles. The second-order valence-corrected chi connectivity index (χ2v) is 3.04. The lowest BCUT2D eigenvalue weighted by Gasteiger charge is -2.12. The molecule has 0 unspecified atom stereocenters. The highest BCUT2D eigenvalue weighted by molar-refractivity contribution is 5.83. The molecule has 0 aliphatic carbocycles. The molecule has 0 aromatic carbocycles. The molecule has 0 fully saturated rings. The van der Waals surface area contributed by atoms with Crippen molar-refractivity contribution in [2.24, 2.45) is 0 Å². The van der Waals surface area contributed by atoms with Crippen LogP contribution in [0.25, 0.3) is 0 Å². The molecule has 0 bridgehead atoms. The zero-order valence-corrected chi connectivity index (χ0v) is 9.00. The maximum atomic E-state index is 10.8. The molecular formula is C8H10N4O4. The molecule has 0 atom stereocenters. The van der Waals surface area contributed by atoms with E-state index in [0.29, 0.717) is 6.29 Å². The van der Waals surface area contributed by atoms with Crippen molar-refractivity contribution in [2.75, 3.05) is 26.1 Å². The number of carbonyl (C=O) groups is 1. The first kappa shape index (κ1) is 11.8. The Balaban J connectivity index is 3.53. The Morgan fingerprint density at radius 2 is 2.06 bits per heavy atom. The third-order valence-corrected chi connectivity index (χ3v) is 1.77. The minimum atomic E-state index is -0.696. The van der Waals surface area contributed by atoms with Crippen LogP contribution in [0.4, 0.5) is 11.5 Å². The Bertz CT molecular complexity index is 432. The van der Waals surface area contributed by atoms with Crippen LogP contribution in [0, 0.1) is 10.1 Å². The number of rotatable bonds is 4.